The van der Waals surface area contributed by atoms with Crippen molar-refractivity contribution in [1.29, 1.82) is 0 Å². The molecule has 0 heterocycles. The van der Waals surface area contributed by atoms with Gasteiger partial charge in [0.1, 0.15) is 0 Å². The van der Waals surface area contributed by atoms with Crippen molar-refractivity contribution in [2.75, 3.05) is 0 Å². The Morgan fingerprint density at radius 1 is 1.14 bits per heavy atom. The molecule has 0 spiro atoms. The maximum Gasteiger partial charge on any atom is 0.394 e. The van der Waals surface area contributed by atoms with Crippen molar-refractivity contribution >= 4 is 10.4 Å². The standard InChI is InChI=1S/Ni.H2O4S.Zn/c;1-5(2,3)4;/h;(H2,1,2,3,4);. The summed E-state index contributed by atoms with van der Waals surface area (Å²) in [5.74, 6) is 0. The topological polar surface area (TPSA) is 74.6 Å². The first-order valence-corrected chi connectivity index (χ1v) is 2.10. The molecule has 0 fully saturated rings. The molecule has 0 bridgehead atoms. The molecule has 0 atom stereocenters. The molecule has 2 N–H and O–H groups in total. The number of hydrogen-bond acceptors (Lipinski definition) is 2. The van der Waals surface area contributed by atoms with Crippen molar-refractivity contribution in [3.05, 3.63) is 0 Å². The molecule has 0 radical (unpaired) electrons. The molecule has 44 valence electrons. The molecule has 7 heteroatoms. The smallest absolute Gasteiger partial charge is 0.264 e. The molecule has 0 aliphatic carbocycles. The van der Waals surface area contributed by atoms with Gasteiger partial charge >= 0.3 is 10.4 Å². The summed E-state index contributed by atoms with van der Waals surface area (Å²) >= 11 is 0. The summed E-state index contributed by atoms with van der Waals surface area (Å²) in [6, 6.07) is 0. The summed E-state index contributed by atoms with van der Waals surface area (Å²) in [6.45, 7) is 0. The van der Waals surface area contributed by atoms with Crippen molar-refractivity contribution < 1.29 is 53.5 Å². The van der Waals surface area contributed by atoms with Crippen LogP contribution in [0.25, 0.3) is 0 Å². The molecule has 0 unspecified atom stereocenters. The zero-order chi connectivity index (χ0) is 4.50. The van der Waals surface area contributed by atoms with Crippen molar-refractivity contribution in [1.82, 2.24) is 0 Å². The SMILES string of the molecule is O=S(=O)(O)O.[Ni].[Zn]. The Morgan fingerprint density at radius 2 is 1.14 bits per heavy atom. The monoisotopic (exact) mass is 220 g/mol. The molecule has 0 aromatic carbocycles. The van der Waals surface area contributed by atoms with Gasteiger partial charge in [-0.25, -0.2) is 0 Å². The van der Waals surface area contributed by atoms with E-state index in [2.05, 4.69) is 0 Å². The molecule has 0 aliphatic rings. The third kappa shape index (κ3) is 178. The second-order valence-electron chi connectivity index (χ2n) is 0.448. The van der Waals surface area contributed by atoms with Gasteiger partial charge in [-0.3, -0.25) is 9.11 Å². The van der Waals surface area contributed by atoms with Crippen molar-refractivity contribution in [3.63, 3.8) is 0 Å². The summed E-state index contributed by atoms with van der Waals surface area (Å²) in [6.07, 6.45) is 0. The molecular weight excluding hydrogens is 220 g/mol. The van der Waals surface area contributed by atoms with Crippen LogP contribution in [0.15, 0.2) is 0 Å². The van der Waals surface area contributed by atoms with Crippen LogP contribution in [0.4, 0.5) is 0 Å². The normalized spacial score (nSPS) is 8.29. The van der Waals surface area contributed by atoms with E-state index in [9.17, 15) is 0 Å². The van der Waals surface area contributed by atoms with Crippen LogP contribution in [0.5, 0.6) is 0 Å². The maximum absolute atomic E-state index is 8.74. The summed E-state index contributed by atoms with van der Waals surface area (Å²) in [4.78, 5) is 0. The molecule has 0 rings (SSSR count). The Labute approximate surface area is 63.9 Å². The second-order valence-corrected chi connectivity index (χ2v) is 1.34. The van der Waals surface area contributed by atoms with Crippen molar-refractivity contribution in [3.8, 4) is 0 Å². The van der Waals surface area contributed by atoms with Gasteiger partial charge in [-0.05, 0) is 0 Å². The van der Waals surface area contributed by atoms with Gasteiger partial charge < -0.3 is 0 Å². The minimum absolute atomic E-state index is 0. The summed E-state index contributed by atoms with van der Waals surface area (Å²) < 4.78 is 31.6. The van der Waals surface area contributed by atoms with Gasteiger partial charge in [-0.1, -0.05) is 0 Å². The van der Waals surface area contributed by atoms with E-state index >= 15 is 0 Å². The van der Waals surface area contributed by atoms with E-state index in [1.807, 2.05) is 0 Å². The van der Waals surface area contributed by atoms with Crippen molar-refractivity contribution in [2.45, 2.75) is 0 Å². The average Bonchev–Trinajstić information content (AvgIpc) is 0.722. The predicted molar refractivity (Wildman–Crippen MR) is 14.2 cm³/mol. The molecular formula is H2NiO4SZn. The van der Waals surface area contributed by atoms with Gasteiger partial charge in [-0.2, -0.15) is 8.42 Å². The van der Waals surface area contributed by atoms with Gasteiger partial charge in [0.05, 0.1) is 0 Å². The first kappa shape index (κ1) is 15.7. The first-order valence-electron chi connectivity index (χ1n) is 0.698. The fraction of sp³-hybridized carbons (Fsp3) is 0. The summed E-state index contributed by atoms with van der Waals surface area (Å²) in [5, 5.41) is 0. The quantitative estimate of drug-likeness (QED) is 0.421. The first-order chi connectivity index (χ1) is 2.00. The molecule has 0 amide bonds. The van der Waals surface area contributed by atoms with E-state index in [0.29, 0.717) is 0 Å². The third-order valence-corrected chi connectivity index (χ3v) is 0. The fourth-order valence-corrected chi connectivity index (χ4v) is 0. The molecule has 0 aromatic heterocycles. The van der Waals surface area contributed by atoms with Gasteiger partial charge in [0.25, 0.3) is 0 Å². The predicted octanol–water partition coefficient (Wildman–Crippen LogP) is -0.658. The van der Waals surface area contributed by atoms with E-state index in [-0.39, 0.29) is 36.0 Å². The largest absolute Gasteiger partial charge is 0.394 e. The molecule has 7 heavy (non-hydrogen) atoms. The van der Waals surface area contributed by atoms with Gasteiger partial charge in [0.15, 0.2) is 0 Å². The Morgan fingerprint density at radius 3 is 1.14 bits per heavy atom. The van der Waals surface area contributed by atoms with Crippen LogP contribution < -0.4 is 0 Å². The second kappa shape index (κ2) is 5.13. The number of hydrogen-bond donors (Lipinski definition) is 2. The van der Waals surface area contributed by atoms with E-state index in [0.717, 1.165) is 0 Å². The molecule has 0 aromatic rings. The van der Waals surface area contributed by atoms with Crippen LogP contribution in [-0.2, 0) is 46.4 Å². The van der Waals surface area contributed by atoms with E-state index in [1.54, 1.807) is 0 Å². The molecule has 4 nitrogen and oxygen atoms in total. The van der Waals surface area contributed by atoms with Gasteiger partial charge in [0, 0.05) is 36.0 Å². The molecule has 0 saturated heterocycles. The minimum atomic E-state index is -4.67. The van der Waals surface area contributed by atoms with Crippen LogP contribution in [-0.4, -0.2) is 17.5 Å². The number of rotatable bonds is 0. The zero-order valence-corrected chi connectivity index (χ0v) is 7.91. The van der Waals surface area contributed by atoms with Crippen molar-refractivity contribution in [2.24, 2.45) is 0 Å². The van der Waals surface area contributed by atoms with Crippen LogP contribution in [0, 0.1) is 0 Å². The Bertz CT molecular complexity index is 94.9. The zero-order valence-electron chi connectivity index (χ0n) is 3.14. The Balaban J connectivity index is -0.0000000800. The van der Waals surface area contributed by atoms with Crippen LogP contribution in [0.1, 0.15) is 0 Å². The molecule has 0 saturated carbocycles. The molecule has 0 aliphatic heterocycles. The van der Waals surface area contributed by atoms with Crippen LogP contribution in [0.3, 0.4) is 0 Å². The minimum Gasteiger partial charge on any atom is -0.264 e. The maximum atomic E-state index is 8.74. The van der Waals surface area contributed by atoms with Crippen LogP contribution >= 0.6 is 0 Å². The fourth-order valence-electron chi connectivity index (χ4n) is 0. The van der Waals surface area contributed by atoms with E-state index < -0.39 is 10.4 Å². The average molecular weight is 222 g/mol. The van der Waals surface area contributed by atoms with E-state index in [4.69, 9.17) is 17.5 Å². The van der Waals surface area contributed by atoms with Gasteiger partial charge in [-0.15, -0.1) is 0 Å². The Kier molecular flexibility index (Phi) is 11.5. The summed E-state index contributed by atoms with van der Waals surface area (Å²) in [7, 11) is -4.67. The third-order valence-electron chi connectivity index (χ3n) is 0. The van der Waals surface area contributed by atoms with Gasteiger partial charge in [0.2, 0.25) is 0 Å². The van der Waals surface area contributed by atoms with E-state index in [1.165, 1.54) is 0 Å². The summed E-state index contributed by atoms with van der Waals surface area (Å²) in [5.41, 5.74) is 0. The Hall–Kier alpha value is 0.987. The van der Waals surface area contributed by atoms with Crippen LogP contribution in [0.2, 0.25) is 0 Å².